The lowest BCUT2D eigenvalue weighted by molar-refractivity contribution is 0.579. The van der Waals surface area contributed by atoms with Gasteiger partial charge in [0.2, 0.25) is 0 Å². The van der Waals surface area contributed by atoms with Crippen LogP contribution < -0.4 is 5.32 Å². The molecule has 0 aliphatic rings. The molecule has 0 radical (unpaired) electrons. The topological polar surface area (TPSA) is 29.3 Å². The van der Waals surface area contributed by atoms with Gasteiger partial charge < -0.3 is 5.32 Å². The normalized spacial score (nSPS) is 13.4. The van der Waals surface area contributed by atoms with E-state index in [0.29, 0.717) is 6.04 Å². The van der Waals surface area contributed by atoms with Crippen LogP contribution in [0.25, 0.3) is 4.96 Å². The van der Waals surface area contributed by atoms with Crippen molar-refractivity contribution in [1.29, 1.82) is 0 Å². The van der Waals surface area contributed by atoms with E-state index in [1.807, 2.05) is 11.8 Å². The maximum Gasteiger partial charge on any atom is 0.194 e. The van der Waals surface area contributed by atoms with Gasteiger partial charge in [-0.05, 0) is 20.1 Å². The lowest BCUT2D eigenvalue weighted by Crippen LogP contribution is -2.22. The number of aromatic nitrogens is 2. The fraction of sp³-hybridized carbons (Fsp3) is 0.545. The molecule has 0 spiro atoms. The molecule has 0 bridgehead atoms. The van der Waals surface area contributed by atoms with Crippen LogP contribution in [0.1, 0.15) is 24.4 Å². The Balaban J connectivity index is 2.17. The lowest BCUT2D eigenvalue weighted by Gasteiger charge is -2.13. The first-order chi connectivity index (χ1) is 7.74. The van der Waals surface area contributed by atoms with Crippen LogP contribution in [0.3, 0.4) is 0 Å². The molecule has 2 rings (SSSR count). The molecule has 16 heavy (non-hydrogen) atoms. The number of imidazole rings is 1. The van der Waals surface area contributed by atoms with Crippen LogP contribution in [0.4, 0.5) is 0 Å². The van der Waals surface area contributed by atoms with Crippen molar-refractivity contribution in [3.63, 3.8) is 0 Å². The van der Waals surface area contributed by atoms with E-state index in [9.17, 15) is 0 Å². The van der Waals surface area contributed by atoms with E-state index in [1.54, 1.807) is 11.3 Å². The molecule has 0 amide bonds. The minimum absolute atomic E-state index is 0.358. The van der Waals surface area contributed by atoms with E-state index in [2.05, 4.69) is 46.4 Å². The van der Waals surface area contributed by atoms with E-state index >= 15 is 0 Å². The van der Waals surface area contributed by atoms with Gasteiger partial charge in [-0.25, -0.2) is 4.98 Å². The van der Waals surface area contributed by atoms with Gasteiger partial charge in [0.25, 0.3) is 0 Å². The first kappa shape index (κ1) is 12.0. The zero-order chi connectivity index (χ0) is 11.5. The van der Waals surface area contributed by atoms with Crippen LogP contribution >= 0.6 is 23.1 Å². The third kappa shape index (κ3) is 2.26. The molecule has 0 aliphatic heterocycles. The minimum Gasteiger partial charge on any atom is -0.308 e. The molecule has 2 aromatic heterocycles. The second kappa shape index (κ2) is 5.21. The van der Waals surface area contributed by atoms with Crippen LogP contribution in [0.5, 0.6) is 0 Å². The van der Waals surface area contributed by atoms with Crippen molar-refractivity contribution in [2.24, 2.45) is 0 Å². The van der Waals surface area contributed by atoms with Gasteiger partial charge >= 0.3 is 0 Å². The second-order valence-electron chi connectivity index (χ2n) is 3.81. The molecule has 1 unspecified atom stereocenters. The molecular formula is C11H17N3S2. The molecule has 1 atom stereocenters. The Kier molecular flexibility index (Phi) is 3.89. The van der Waals surface area contributed by atoms with Crippen LogP contribution in [0.2, 0.25) is 0 Å². The maximum atomic E-state index is 4.56. The van der Waals surface area contributed by atoms with Gasteiger partial charge in [-0.3, -0.25) is 4.40 Å². The molecule has 2 heterocycles. The van der Waals surface area contributed by atoms with E-state index < -0.39 is 0 Å². The molecule has 1 N–H and O–H groups in total. The fourth-order valence-electron chi connectivity index (χ4n) is 1.91. The molecule has 88 valence electrons. The van der Waals surface area contributed by atoms with Gasteiger partial charge in [0.05, 0.1) is 11.4 Å². The Labute approximate surface area is 104 Å². The molecule has 2 aromatic rings. The number of nitrogens with zero attached hydrogens (tertiary/aromatic N) is 2. The number of hydrogen-bond acceptors (Lipinski definition) is 4. The highest BCUT2D eigenvalue weighted by Crippen LogP contribution is 2.22. The van der Waals surface area contributed by atoms with Crippen molar-refractivity contribution in [3.05, 3.63) is 23.0 Å². The molecular weight excluding hydrogens is 238 g/mol. The number of rotatable bonds is 5. The molecule has 0 fully saturated rings. The van der Waals surface area contributed by atoms with Gasteiger partial charge in [-0.2, -0.15) is 11.8 Å². The highest BCUT2D eigenvalue weighted by molar-refractivity contribution is 7.98. The number of nitrogens with one attached hydrogen (secondary N) is 1. The number of aryl methyl sites for hydroxylation is 1. The highest BCUT2D eigenvalue weighted by Gasteiger charge is 2.15. The second-order valence-corrected chi connectivity index (χ2v) is 5.67. The van der Waals surface area contributed by atoms with Gasteiger partial charge in [0, 0.05) is 29.9 Å². The van der Waals surface area contributed by atoms with Gasteiger partial charge in [0.1, 0.15) is 0 Å². The average Bonchev–Trinajstić information content (AvgIpc) is 2.77. The van der Waals surface area contributed by atoms with E-state index in [-0.39, 0.29) is 0 Å². The Bertz CT molecular complexity index is 461. The third-order valence-electron chi connectivity index (χ3n) is 2.65. The minimum atomic E-state index is 0.358. The standard InChI is InChI=1S/C11H17N3S2/c1-8(12-4-6-15-3)10-9(2)13-11-14(10)5-7-16-11/h5,7-8,12H,4,6H2,1-3H3. The van der Waals surface area contributed by atoms with Crippen molar-refractivity contribution in [1.82, 2.24) is 14.7 Å². The van der Waals surface area contributed by atoms with Gasteiger partial charge in [-0.15, -0.1) is 11.3 Å². The van der Waals surface area contributed by atoms with Crippen molar-refractivity contribution in [2.75, 3.05) is 18.6 Å². The Morgan fingerprint density at radius 3 is 3.19 bits per heavy atom. The van der Waals surface area contributed by atoms with Gasteiger partial charge in [0.15, 0.2) is 4.96 Å². The summed E-state index contributed by atoms with van der Waals surface area (Å²) in [5, 5.41) is 5.61. The van der Waals surface area contributed by atoms with E-state index in [1.165, 1.54) is 5.69 Å². The summed E-state index contributed by atoms with van der Waals surface area (Å²) in [6, 6.07) is 0.358. The molecule has 0 aliphatic carbocycles. The van der Waals surface area contributed by atoms with Crippen LogP contribution in [0.15, 0.2) is 11.6 Å². The first-order valence-corrected chi connectivity index (χ1v) is 7.65. The summed E-state index contributed by atoms with van der Waals surface area (Å²) in [5.41, 5.74) is 2.42. The average molecular weight is 255 g/mol. The van der Waals surface area contributed by atoms with Crippen LogP contribution in [-0.2, 0) is 0 Å². The predicted molar refractivity (Wildman–Crippen MR) is 72.6 cm³/mol. The van der Waals surface area contributed by atoms with Gasteiger partial charge in [-0.1, -0.05) is 0 Å². The van der Waals surface area contributed by atoms with Crippen molar-refractivity contribution >= 4 is 28.1 Å². The largest absolute Gasteiger partial charge is 0.308 e. The smallest absolute Gasteiger partial charge is 0.194 e. The summed E-state index contributed by atoms with van der Waals surface area (Å²) in [5.74, 6) is 1.15. The molecule has 5 heteroatoms. The summed E-state index contributed by atoms with van der Waals surface area (Å²) in [4.78, 5) is 5.65. The van der Waals surface area contributed by atoms with E-state index in [0.717, 1.165) is 23.0 Å². The number of thiazole rings is 1. The van der Waals surface area contributed by atoms with Crippen molar-refractivity contribution < 1.29 is 0 Å². The fourth-order valence-corrected chi connectivity index (χ4v) is 3.00. The summed E-state index contributed by atoms with van der Waals surface area (Å²) >= 11 is 3.56. The molecule has 0 aromatic carbocycles. The number of fused-ring (bicyclic) bond motifs is 1. The quantitative estimate of drug-likeness (QED) is 0.833. The zero-order valence-corrected chi connectivity index (χ0v) is 11.5. The van der Waals surface area contributed by atoms with Crippen LogP contribution in [0, 0.1) is 6.92 Å². The highest BCUT2D eigenvalue weighted by atomic mass is 32.2. The molecule has 0 saturated heterocycles. The Hall–Kier alpha value is -0.520. The Morgan fingerprint density at radius 2 is 2.44 bits per heavy atom. The first-order valence-electron chi connectivity index (χ1n) is 5.38. The molecule has 0 saturated carbocycles. The summed E-state index contributed by atoms with van der Waals surface area (Å²) < 4.78 is 2.19. The van der Waals surface area contributed by atoms with E-state index in [4.69, 9.17) is 0 Å². The summed E-state index contributed by atoms with van der Waals surface area (Å²) in [7, 11) is 0. The maximum absolute atomic E-state index is 4.56. The third-order valence-corrected chi connectivity index (χ3v) is 4.02. The van der Waals surface area contributed by atoms with Crippen molar-refractivity contribution in [3.8, 4) is 0 Å². The Morgan fingerprint density at radius 1 is 1.62 bits per heavy atom. The SMILES string of the molecule is CSCCNC(C)c1c(C)nc2sccn12. The monoisotopic (exact) mass is 255 g/mol. The number of hydrogen-bond donors (Lipinski definition) is 1. The molecule has 3 nitrogen and oxygen atoms in total. The van der Waals surface area contributed by atoms with Crippen molar-refractivity contribution in [2.45, 2.75) is 19.9 Å². The summed E-state index contributed by atoms with van der Waals surface area (Å²) in [6.07, 6.45) is 4.23. The van der Waals surface area contributed by atoms with Crippen LogP contribution in [-0.4, -0.2) is 27.9 Å². The predicted octanol–water partition coefficient (Wildman–Crippen LogP) is 2.72. The summed E-state index contributed by atoms with van der Waals surface area (Å²) in [6.45, 7) is 5.33. The lowest BCUT2D eigenvalue weighted by atomic mass is 10.2. The zero-order valence-electron chi connectivity index (χ0n) is 9.86. The number of thioether (sulfide) groups is 1.